The van der Waals surface area contributed by atoms with E-state index in [1.54, 1.807) is 0 Å². The zero-order valence-corrected chi connectivity index (χ0v) is 6.34. The van der Waals surface area contributed by atoms with Crippen LogP contribution >= 0.6 is 0 Å². The molecule has 1 aromatic rings. The Labute approximate surface area is 71.5 Å². The van der Waals surface area contributed by atoms with Crippen molar-refractivity contribution in [2.24, 2.45) is 0 Å². The summed E-state index contributed by atoms with van der Waals surface area (Å²) < 4.78 is 35.8. The summed E-state index contributed by atoms with van der Waals surface area (Å²) in [6, 6.07) is 1.72. The maximum Gasteiger partial charge on any atom is 0.435 e. The average molecular weight is 190 g/mol. The number of nitrogens with zero attached hydrogens (tertiary/aromatic N) is 2. The van der Waals surface area contributed by atoms with E-state index in [2.05, 4.69) is 16.8 Å². The minimum absolute atomic E-state index is 0.0759. The van der Waals surface area contributed by atoms with E-state index in [1.807, 2.05) is 0 Å². The highest BCUT2D eigenvalue weighted by molar-refractivity contribution is 5.50. The summed E-state index contributed by atoms with van der Waals surface area (Å²) >= 11 is 0. The Morgan fingerprint density at radius 1 is 1.31 bits per heavy atom. The van der Waals surface area contributed by atoms with Crippen molar-refractivity contribution >= 4 is 5.76 Å². The van der Waals surface area contributed by atoms with E-state index in [0.717, 1.165) is 12.1 Å². The van der Waals surface area contributed by atoms with Crippen molar-refractivity contribution in [3.05, 3.63) is 30.1 Å². The van der Waals surface area contributed by atoms with Crippen LogP contribution in [0, 0.1) is 0 Å². The van der Waals surface area contributed by atoms with Crippen LogP contribution < -0.4 is 0 Å². The van der Waals surface area contributed by atoms with E-state index in [0.29, 0.717) is 0 Å². The molecule has 0 radical (unpaired) electrons. The smallest absolute Gasteiger partial charge is 0.435 e. The number of hydrogen-bond acceptors (Lipinski definition) is 3. The van der Waals surface area contributed by atoms with Gasteiger partial charge in [0.2, 0.25) is 0 Å². The van der Waals surface area contributed by atoms with Gasteiger partial charge in [-0.3, -0.25) is 0 Å². The molecule has 0 saturated heterocycles. The van der Waals surface area contributed by atoms with Crippen LogP contribution in [0.15, 0.2) is 18.7 Å². The predicted molar refractivity (Wildman–Crippen MR) is 38.7 cm³/mol. The first-order chi connectivity index (χ1) is 5.91. The van der Waals surface area contributed by atoms with Crippen molar-refractivity contribution < 1.29 is 18.3 Å². The summed E-state index contributed by atoms with van der Waals surface area (Å²) in [5.41, 5.74) is -1.18. The molecule has 0 unspecified atom stereocenters. The summed E-state index contributed by atoms with van der Waals surface area (Å²) in [6.45, 7) is 3.09. The van der Waals surface area contributed by atoms with E-state index in [1.165, 1.54) is 0 Å². The van der Waals surface area contributed by atoms with Gasteiger partial charge in [-0.05, 0) is 12.1 Å². The molecular formula is C7H5F3N2O. The second kappa shape index (κ2) is 3.04. The Morgan fingerprint density at radius 3 is 2.23 bits per heavy atom. The van der Waals surface area contributed by atoms with Crippen LogP contribution in [0.1, 0.15) is 11.4 Å². The molecule has 0 atom stereocenters. The summed E-state index contributed by atoms with van der Waals surface area (Å²) in [4.78, 5) is 0. The number of aliphatic hydroxyl groups is 1. The molecular weight excluding hydrogens is 185 g/mol. The lowest BCUT2D eigenvalue weighted by molar-refractivity contribution is -0.141. The van der Waals surface area contributed by atoms with Gasteiger partial charge in [-0.25, -0.2) is 0 Å². The highest BCUT2D eigenvalue weighted by Crippen LogP contribution is 2.26. The highest BCUT2D eigenvalue weighted by Gasteiger charge is 2.32. The molecule has 0 amide bonds. The number of aromatic nitrogens is 2. The fourth-order valence-corrected chi connectivity index (χ4v) is 0.637. The Morgan fingerprint density at radius 2 is 1.92 bits per heavy atom. The van der Waals surface area contributed by atoms with E-state index in [-0.39, 0.29) is 5.69 Å². The molecule has 1 rings (SSSR count). The molecule has 1 N–H and O–H groups in total. The zero-order valence-electron chi connectivity index (χ0n) is 6.34. The van der Waals surface area contributed by atoms with Gasteiger partial charge in [-0.15, -0.1) is 10.2 Å². The molecule has 3 nitrogen and oxygen atoms in total. The van der Waals surface area contributed by atoms with Crippen molar-refractivity contribution in [1.82, 2.24) is 10.2 Å². The molecule has 0 fully saturated rings. The minimum atomic E-state index is -4.51. The quantitative estimate of drug-likeness (QED) is 0.689. The van der Waals surface area contributed by atoms with Gasteiger partial charge in [-0.2, -0.15) is 13.2 Å². The first-order valence-electron chi connectivity index (χ1n) is 3.20. The number of halogens is 3. The lowest BCUT2D eigenvalue weighted by atomic mass is 10.3. The van der Waals surface area contributed by atoms with Crippen molar-refractivity contribution in [3.63, 3.8) is 0 Å². The fraction of sp³-hybridized carbons (Fsp3) is 0.143. The van der Waals surface area contributed by atoms with Gasteiger partial charge in [0.05, 0.1) is 0 Å². The van der Waals surface area contributed by atoms with E-state index in [9.17, 15) is 13.2 Å². The van der Waals surface area contributed by atoms with E-state index >= 15 is 0 Å². The molecule has 0 bridgehead atoms. The van der Waals surface area contributed by atoms with Crippen molar-refractivity contribution in [1.29, 1.82) is 0 Å². The molecule has 0 aromatic carbocycles. The molecule has 0 aliphatic carbocycles. The van der Waals surface area contributed by atoms with Crippen LogP contribution in [0.25, 0.3) is 5.76 Å². The summed E-state index contributed by atoms with van der Waals surface area (Å²) in [7, 11) is 0. The molecule has 1 heterocycles. The van der Waals surface area contributed by atoms with Crippen LogP contribution in [0.5, 0.6) is 0 Å². The maximum absolute atomic E-state index is 11.9. The number of rotatable bonds is 1. The molecule has 0 aliphatic heterocycles. The Bertz CT molecular complexity index is 318. The van der Waals surface area contributed by atoms with Crippen LogP contribution in [-0.2, 0) is 6.18 Å². The summed E-state index contributed by atoms with van der Waals surface area (Å²) in [5.74, 6) is -0.416. The van der Waals surface area contributed by atoms with Crippen LogP contribution in [0.3, 0.4) is 0 Å². The van der Waals surface area contributed by atoms with Crippen molar-refractivity contribution in [3.8, 4) is 0 Å². The SMILES string of the molecule is C=C(O)c1ccc(C(F)(F)F)nn1. The number of alkyl halides is 3. The normalized spacial score (nSPS) is 11.3. The summed E-state index contributed by atoms with van der Waals surface area (Å²) in [6.07, 6.45) is -4.51. The van der Waals surface area contributed by atoms with Crippen molar-refractivity contribution in [2.75, 3.05) is 0 Å². The predicted octanol–water partition coefficient (Wildman–Crippen LogP) is 2.02. The zero-order chi connectivity index (χ0) is 10.1. The van der Waals surface area contributed by atoms with Gasteiger partial charge >= 0.3 is 6.18 Å². The van der Waals surface area contributed by atoms with Crippen LogP contribution in [0.2, 0.25) is 0 Å². The van der Waals surface area contributed by atoms with Crippen LogP contribution in [0.4, 0.5) is 13.2 Å². The maximum atomic E-state index is 11.9. The van der Waals surface area contributed by atoms with E-state index in [4.69, 9.17) is 5.11 Å². The lowest BCUT2D eigenvalue weighted by Gasteiger charge is -2.04. The van der Waals surface area contributed by atoms with Gasteiger partial charge in [-0.1, -0.05) is 6.58 Å². The first-order valence-corrected chi connectivity index (χ1v) is 3.20. The molecule has 0 saturated carbocycles. The minimum Gasteiger partial charge on any atom is -0.506 e. The lowest BCUT2D eigenvalue weighted by Crippen LogP contribution is -2.09. The third kappa shape index (κ3) is 2.17. The van der Waals surface area contributed by atoms with Gasteiger partial charge in [0.15, 0.2) is 5.69 Å². The third-order valence-corrected chi connectivity index (χ3v) is 1.25. The van der Waals surface area contributed by atoms with Crippen molar-refractivity contribution in [2.45, 2.75) is 6.18 Å². The standard InChI is InChI=1S/C7H5F3N2O/c1-4(13)5-2-3-6(12-11-5)7(8,9)10/h2-3,13H,1H2. The van der Waals surface area contributed by atoms with E-state index < -0.39 is 17.6 Å². The summed E-state index contributed by atoms with van der Waals surface area (Å²) in [5, 5.41) is 14.7. The average Bonchev–Trinajstić information content (AvgIpc) is 2.03. The molecule has 13 heavy (non-hydrogen) atoms. The number of aliphatic hydroxyl groups excluding tert-OH is 1. The number of hydrogen-bond donors (Lipinski definition) is 1. The fourth-order valence-electron chi connectivity index (χ4n) is 0.637. The second-order valence-corrected chi connectivity index (χ2v) is 2.25. The van der Waals surface area contributed by atoms with Gasteiger partial charge in [0.1, 0.15) is 11.5 Å². The Balaban J connectivity index is 3.01. The van der Waals surface area contributed by atoms with Gasteiger partial charge in [0.25, 0.3) is 0 Å². The highest BCUT2D eigenvalue weighted by atomic mass is 19.4. The molecule has 70 valence electrons. The second-order valence-electron chi connectivity index (χ2n) is 2.25. The Hall–Kier alpha value is -1.59. The van der Waals surface area contributed by atoms with Gasteiger partial charge < -0.3 is 5.11 Å². The Kier molecular flexibility index (Phi) is 2.22. The molecule has 6 heteroatoms. The first kappa shape index (κ1) is 9.50. The third-order valence-electron chi connectivity index (χ3n) is 1.25. The molecule has 0 aliphatic rings. The van der Waals surface area contributed by atoms with Gasteiger partial charge in [0, 0.05) is 0 Å². The monoisotopic (exact) mass is 190 g/mol. The van der Waals surface area contributed by atoms with Crippen LogP contribution in [-0.4, -0.2) is 15.3 Å². The topological polar surface area (TPSA) is 46.0 Å². The largest absolute Gasteiger partial charge is 0.506 e. The molecule has 1 aromatic heterocycles. The molecule has 0 spiro atoms.